The van der Waals surface area contributed by atoms with Crippen molar-refractivity contribution in [3.05, 3.63) is 132 Å². The molecule has 0 radical (unpaired) electrons. The van der Waals surface area contributed by atoms with Gasteiger partial charge in [0.25, 0.3) is 0 Å². The third-order valence-electron chi connectivity index (χ3n) is 8.01. The van der Waals surface area contributed by atoms with Crippen molar-refractivity contribution in [2.24, 2.45) is 0 Å². The first kappa shape index (κ1) is 24.1. The molecule has 194 valence electrons. The van der Waals surface area contributed by atoms with Gasteiger partial charge in [0.1, 0.15) is 17.2 Å². The average Bonchev–Trinajstić information content (AvgIpc) is 3.61. The van der Waals surface area contributed by atoms with Gasteiger partial charge in [-0.05, 0) is 53.1 Å². The quantitative estimate of drug-likeness (QED) is 0.219. The first-order valence-corrected chi connectivity index (χ1v) is 14.4. The zero-order chi connectivity index (χ0) is 28.2. The Morgan fingerprint density at radius 2 is 1.17 bits per heavy atom. The monoisotopic (exact) mass is 552 g/mol. The van der Waals surface area contributed by atoms with Crippen LogP contribution in [0.3, 0.4) is 0 Å². The molecule has 0 amide bonds. The molecular formula is C38H20N2OS. The molecule has 0 atom stereocenters. The number of hydrogen-bond donors (Lipinski definition) is 0. The summed E-state index contributed by atoms with van der Waals surface area (Å²) in [6.45, 7) is 0. The number of rotatable bonds is 3. The van der Waals surface area contributed by atoms with Crippen LogP contribution in [-0.4, -0.2) is 0 Å². The summed E-state index contributed by atoms with van der Waals surface area (Å²) in [6, 6.07) is 45.5. The highest BCUT2D eigenvalue weighted by Gasteiger charge is 2.21. The third-order valence-corrected chi connectivity index (χ3v) is 9.15. The van der Waals surface area contributed by atoms with Crippen LogP contribution < -0.4 is 0 Å². The van der Waals surface area contributed by atoms with E-state index in [2.05, 4.69) is 78.9 Å². The number of furan rings is 1. The minimum atomic E-state index is 0.525. The highest BCUT2D eigenvalue weighted by atomic mass is 32.1. The third kappa shape index (κ3) is 3.64. The van der Waals surface area contributed by atoms with E-state index in [1.807, 2.05) is 48.5 Å². The highest BCUT2D eigenvalue weighted by Crippen LogP contribution is 2.44. The Labute approximate surface area is 245 Å². The lowest BCUT2D eigenvalue weighted by Gasteiger charge is -2.17. The number of nitrogens with zero attached hydrogens (tertiary/aromatic N) is 2. The molecule has 0 saturated heterocycles. The SMILES string of the molecule is N#Cc1ccccc1-c1c(-c2ccc3c(c2)oc2ccccc23)ccc(-c2ccc3c(c2)sc2ccccc23)c1C#N. The van der Waals surface area contributed by atoms with E-state index in [9.17, 15) is 10.5 Å². The molecule has 0 aliphatic carbocycles. The minimum absolute atomic E-state index is 0.525. The van der Waals surface area contributed by atoms with E-state index in [4.69, 9.17) is 4.42 Å². The zero-order valence-corrected chi connectivity index (χ0v) is 23.1. The van der Waals surface area contributed by atoms with Gasteiger partial charge in [0.2, 0.25) is 0 Å². The molecule has 8 aromatic rings. The van der Waals surface area contributed by atoms with Gasteiger partial charge in [0, 0.05) is 47.6 Å². The van der Waals surface area contributed by atoms with Crippen molar-refractivity contribution in [3.63, 3.8) is 0 Å². The summed E-state index contributed by atoms with van der Waals surface area (Å²) >= 11 is 1.76. The summed E-state index contributed by atoms with van der Waals surface area (Å²) in [4.78, 5) is 0. The number of benzene rings is 6. The summed E-state index contributed by atoms with van der Waals surface area (Å²) in [7, 11) is 0. The summed E-state index contributed by atoms with van der Waals surface area (Å²) in [5, 5.41) is 25.3. The van der Waals surface area contributed by atoms with Crippen LogP contribution in [0.15, 0.2) is 126 Å². The fourth-order valence-corrected chi connectivity index (χ4v) is 7.21. The molecule has 8 rings (SSSR count). The Hall–Kier alpha value is -5.68. The van der Waals surface area contributed by atoms with Crippen molar-refractivity contribution >= 4 is 53.4 Å². The van der Waals surface area contributed by atoms with Crippen LogP contribution in [0.25, 0.3) is 75.5 Å². The number of fused-ring (bicyclic) bond motifs is 6. The van der Waals surface area contributed by atoms with Gasteiger partial charge < -0.3 is 4.42 Å². The van der Waals surface area contributed by atoms with Crippen molar-refractivity contribution < 1.29 is 4.42 Å². The van der Waals surface area contributed by atoms with E-state index >= 15 is 0 Å². The molecule has 2 heterocycles. The van der Waals surface area contributed by atoms with E-state index in [0.29, 0.717) is 11.1 Å². The van der Waals surface area contributed by atoms with Gasteiger partial charge in [-0.3, -0.25) is 0 Å². The molecule has 0 unspecified atom stereocenters. The Morgan fingerprint density at radius 3 is 2.02 bits per heavy atom. The van der Waals surface area contributed by atoms with E-state index in [1.165, 1.54) is 20.2 Å². The summed E-state index contributed by atoms with van der Waals surface area (Å²) < 4.78 is 8.62. The van der Waals surface area contributed by atoms with Gasteiger partial charge in [-0.1, -0.05) is 84.9 Å². The predicted molar refractivity (Wildman–Crippen MR) is 172 cm³/mol. The van der Waals surface area contributed by atoms with Crippen molar-refractivity contribution in [1.82, 2.24) is 0 Å². The summed E-state index contributed by atoms with van der Waals surface area (Å²) in [6.07, 6.45) is 0. The van der Waals surface area contributed by atoms with Crippen molar-refractivity contribution in [2.45, 2.75) is 0 Å². The second-order valence-corrected chi connectivity index (χ2v) is 11.4. The van der Waals surface area contributed by atoms with Gasteiger partial charge in [-0.15, -0.1) is 11.3 Å². The van der Waals surface area contributed by atoms with E-state index < -0.39 is 0 Å². The number of nitriles is 2. The second kappa shape index (κ2) is 9.46. The molecule has 6 aromatic carbocycles. The Bertz CT molecular complexity index is 2450. The molecule has 0 bridgehead atoms. The lowest BCUT2D eigenvalue weighted by atomic mass is 9.84. The summed E-state index contributed by atoms with van der Waals surface area (Å²) in [5.74, 6) is 0. The molecule has 0 aliphatic heterocycles. The van der Waals surface area contributed by atoms with Gasteiger partial charge in [0.05, 0.1) is 17.2 Å². The lowest BCUT2D eigenvalue weighted by molar-refractivity contribution is 0.669. The Kier molecular flexibility index (Phi) is 5.44. The molecule has 0 saturated carbocycles. The van der Waals surface area contributed by atoms with Crippen molar-refractivity contribution in [1.29, 1.82) is 10.5 Å². The van der Waals surface area contributed by atoms with E-state index in [0.717, 1.165) is 55.3 Å². The van der Waals surface area contributed by atoms with Gasteiger partial charge in [0.15, 0.2) is 0 Å². The molecular weight excluding hydrogens is 532 g/mol. The molecule has 2 aromatic heterocycles. The lowest BCUT2D eigenvalue weighted by Crippen LogP contribution is -1.96. The average molecular weight is 553 g/mol. The smallest absolute Gasteiger partial charge is 0.136 e. The van der Waals surface area contributed by atoms with Crippen LogP contribution in [0.4, 0.5) is 0 Å². The predicted octanol–water partition coefficient (Wildman–Crippen LogP) is 10.7. The molecule has 42 heavy (non-hydrogen) atoms. The van der Waals surface area contributed by atoms with Gasteiger partial charge in [-0.2, -0.15) is 10.5 Å². The minimum Gasteiger partial charge on any atom is -0.456 e. The first-order valence-electron chi connectivity index (χ1n) is 13.6. The largest absolute Gasteiger partial charge is 0.456 e. The van der Waals surface area contributed by atoms with Crippen LogP contribution in [0.2, 0.25) is 0 Å². The number of para-hydroxylation sites is 1. The second-order valence-electron chi connectivity index (χ2n) is 10.3. The van der Waals surface area contributed by atoms with Crippen LogP contribution in [0, 0.1) is 22.7 Å². The van der Waals surface area contributed by atoms with Crippen molar-refractivity contribution in [3.8, 4) is 45.5 Å². The first-order chi connectivity index (χ1) is 20.7. The Morgan fingerprint density at radius 1 is 0.500 bits per heavy atom. The Balaban J connectivity index is 1.39. The van der Waals surface area contributed by atoms with E-state index in [-0.39, 0.29) is 0 Å². The van der Waals surface area contributed by atoms with Crippen molar-refractivity contribution in [2.75, 3.05) is 0 Å². The number of hydrogen-bond acceptors (Lipinski definition) is 4. The van der Waals surface area contributed by atoms with Gasteiger partial charge >= 0.3 is 0 Å². The number of thiophene rings is 1. The molecule has 0 fully saturated rings. The maximum absolute atomic E-state index is 10.7. The highest BCUT2D eigenvalue weighted by molar-refractivity contribution is 7.25. The summed E-state index contributed by atoms with van der Waals surface area (Å²) in [5.41, 5.74) is 7.79. The van der Waals surface area contributed by atoms with Crippen LogP contribution in [0.5, 0.6) is 0 Å². The fraction of sp³-hybridized carbons (Fsp3) is 0. The van der Waals surface area contributed by atoms with Crippen LogP contribution in [-0.2, 0) is 0 Å². The van der Waals surface area contributed by atoms with Gasteiger partial charge in [-0.25, -0.2) is 0 Å². The fourth-order valence-electron chi connectivity index (χ4n) is 6.07. The van der Waals surface area contributed by atoms with E-state index in [1.54, 1.807) is 17.4 Å². The molecule has 0 spiro atoms. The van der Waals surface area contributed by atoms with Crippen LogP contribution in [0.1, 0.15) is 11.1 Å². The standard InChI is InChI=1S/C38H20N2OS/c39-21-25-7-1-2-8-27(25)38-28(23-13-15-30-29-9-3-5-11-34(29)41-35(30)19-23)18-17-26(33(38)22-40)24-14-16-32-31-10-4-6-12-36(31)42-37(32)20-24/h1-20H. The normalized spacial score (nSPS) is 11.3. The molecule has 0 N–H and O–H groups in total. The molecule has 0 aliphatic rings. The van der Waals surface area contributed by atoms with Crippen LogP contribution >= 0.6 is 11.3 Å². The molecule has 3 nitrogen and oxygen atoms in total. The maximum Gasteiger partial charge on any atom is 0.136 e. The topological polar surface area (TPSA) is 60.7 Å². The zero-order valence-electron chi connectivity index (χ0n) is 22.3. The molecule has 4 heteroatoms. The maximum atomic E-state index is 10.7.